The molecule has 19 heavy (non-hydrogen) atoms. The highest BCUT2D eigenvalue weighted by Crippen LogP contribution is 2.59. The third kappa shape index (κ3) is 1.97. The number of rotatable bonds is 3. The molecule has 1 nitrogen and oxygen atoms in total. The molecule has 0 spiro atoms. The third-order valence-corrected chi connectivity index (χ3v) is 5.18. The molecule has 1 N–H and O–H groups in total. The standard InChI is InChI=1S/C18H20O/c19-17(18-15-6-3-7-16(15)18)11-12-8-9-13-4-1-2-5-14(13)10-12/h1-2,4-5,8-10,15-19H,3,6-7,11H2. The number of aliphatic hydroxyl groups is 1. The normalized spacial score (nSPS) is 30.3. The van der Waals surface area contributed by atoms with Crippen molar-refractivity contribution in [3.63, 3.8) is 0 Å². The lowest BCUT2D eigenvalue weighted by molar-refractivity contribution is 0.135. The number of benzene rings is 2. The summed E-state index contributed by atoms with van der Waals surface area (Å²) in [7, 11) is 0. The van der Waals surface area contributed by atoms with Crippen molar-refractivity contribution < 1.29 is 5.11 Å². The molecule has 2 aromatic rings. The molecule has 0 bridgehead atoms. The molecule has 0 radical (unpaired) electrons. The van der Waals surface area contributed by atoms with E-state index in [1.54, 1.807) is 0 Å². The van der Waals surface area contributed by atoms with Crippen LogP contribution in [0.5, 0.6) is 0 Å². The predicted octanol–water partition coefficient (Wildman–Crippen LogP) is 3.79. The molecule has 2 aliphatic carbocycles. The van der Waals surface area contributed by atoms with Crippen molar-refractivity contribution in [1.82, 2.24) is 0 Å². The van der Waals surface area contributed by atoms with Crippen LogP contribution >= 0.6 is 0 Å². The molecular weight excluding hydrogens is 232 g/mol. The van der Waals surface area contributed by atoms with Crippen LogP contribution in [0.2, 0.25) is 0 Å². The van der Waals surface area contributed by atoms with Gasteiger partial charge in [-0.15, -0.1) is 0 Å². The molecule has 0 aromatic heterocycles. The highest BCUT2D eigenvalue weighted by Gasteiger charge is 2.55. The Labute approximate surface area is 114 Å². The molecule has 0 amide bonds. The number of hydrogen-bond donors (Lipinski definition) is 1. The summed E-state index contributed by atoms with van der Waals surface area (Å²) in [5.74, 6) is 2.28. The summed E-state index contributed by atoms with van der Waals surface area (Å²) in [4.78, 5) is 0. The van der Waals surface area contributed by atoms with Crippen molar-refractivity contribution in [2.75, 3.05) is 0 Å². The van der Waals surface area contributed by atoms with Crippen molar-refractivity contribution >= 4 is 10.8 Å². The maximum Gasteiger partial charge on any atom is 0.0614 e. The Morgan fingerprint density at radius 2 is 1.74 bits per heavy atom. The van der Waals surface area contributed by atoms with Gasteiger partial charge in [0.25, 0.3) is 0 Å². The monoisotopic (exact) mass is 252 g/mol. The lowest BCUT2D eigenvalue weighted by Gasteiger charge is -2.13. The van der Waals surface area contributed by atoms with Crippen LogP contribution in [-0.2, 0) is 6.42 Å². The molecule has 3 atom stereocenters. The van der Waals surface area contributed by atoms with E-state index in [1.165, 1.54) is 35.6 Å². The fourth-order valence-electron chi connectivity index (χ4n) is 4.19. The van der Waals surface area contributed by atoms with Gasteiger partial charge in [-0.05, 0) is 53.4 Å². The number of hydrogen-bond acceptors (Lipinski definition) is 1. The van der Waals surface area contributed by atoms with E-state index in [-0.39, 0.29) is 6.10 Å². The second kappa shape index (κ2) is 4.35. The fraction of sp³-hybridized carbons (Fsp3) is 0.444. The lowest BCUT2D eigenvalue weighted by atomic mass is 9.98. The molecule has 2 aliphatic rings. The second-order valence-corrected chi connectivity index (χ2v) is 6.29. The first-order valence-electron chi connectivity index (χ1n) is 7.49. The highest BCUT2D eigenvalue weighted by atomic mass is 16.3. The van der Waals surface area contributed by atoms with E-state index in [2.05, 4.69) is 42.5 Å². The van der Waals surface area contributed by atoms with Crippen molar-refractivity contribution in [2.45, 2.75) is 31.8 Å². The summed E-state index contributed by atoms with van der Waals surface area (Å²) in [5.41, 5.74) is 1.27. The smallest absolute Gasteiger partial charge is 0.0614 e. The predicted molar refractivity (Wildman–Crippen MR) is 78.0 cm³/mol. The Kier molecular flexibility index (Phi) is 2.63. The maximum atomic E-state index is 10.4. The molecular formula is C18H20O. The van der Waals surface area contributed by atoms with Crippen LogP contribution in [0.25, 0.3) is 10.8 Å². The van der Waals surface area contributed by atoms with E-state index < -0.39 is 0 Å². The molecule has 2 aromatic carbocycles. The van der Waals surface area contributed by atoms with Crippen LogP contribution in [0.3, 0.4) is 0 Å². The zero-order valence-corrected chi connectivity index (χ0v) is 11.1. The van der Waals surface area contributed by atoms with Gasteiger partial charge in [0.05, 0.1) is 6.10 Å². The van der Waals surface area contributed by atoms with Gasteiger partial charge in [0.1, 0.15) is 0 Å². The van der Waals surface area contributed by atoms with Gasteiger partial charge in [-0.1, -0.05) is 48.9 Å². The lowest BCUT2D eigenvalue weighted by Crippen LogP contribution is -2.16. The summed E-state index contributed by atoms with van der Waals surface area (Å²) in [5, 5.41) is 13.0. The Morgan fingerprint density at radius 3 is 2.53 bits per heavy atom. The molecule has 4 rings (SSSR count). The first-order chi connectivity index (χ1) is 9.33. The minimum absolute atomic E-state index is 0.128. The first-order valence-corrected chi connectivity index (χ1v) is 7.49. The first kappa shape index (κ1) is 11.5. The minimum atomic E-state index is -0.128. The second-order valence-electron chi connectivity index (χ2n) is 6.29. The summed E-state index contributed by atoms with van der Waals surface area (Å²) in [6.07, 6.45) is 4.78. The largest absolute Gasteiger partial charge is 0.392 e. The Balaban J connectivity index is 1.51. The van der Waals surface area contributed by atoms with Crippen molar-refractivity contribution in [3.8, 4) is 0 Å². The molecule has 2 saturated carbocycles. The fourth-order valence-corrected chi connectivity index (χ4v) is 4.19. The van der Waals surface area contributed by atoms with E-state index >= 15 is 0 Å². The van der Waals surface area contributed by atoms with Gasteiger partial charge in [-0.25, -0.2) is 0 Å². The van der Waals surface area contributed by atoms with Crippen LogP contribution in [-0.4, -0.2) is 11.2 Å². The van der Waals surface area contributed by atoms with Gasteiger partial charge in [0.2, 0.25) is 0 Å². The van der Waals surface area contributed by atoms with Crippen LogP contribution in [0.1, 0.15) is 24.8 Å². The van der Waals surface area contributed by atoms with Crippen molar-refractivity contribution in [2.24, 2.45) is 17.8 Å². The van der Waals surface area contributed by atoms with Crippen LogP contribution in [0.15, 0.2) is 42.5 Å². The Hall–Kier alpha value is -1.34. The van der Waals surface area contributed by atoms with E-state index in [0.717, 1.165) is 18.3 Å². The van der Waals surface area contributed by atoms with Crippen LogP contribution in [0.4, 0.5) is 0 Å². The molecule has 0 saturated heterocycles. The summed E-state index contributed by atoms with van der Waals surface area (Å²) < 4.78 is 0. The maximum absolute atomic E-state index is 10.4. The van der Waals surface area contributed by atoms with E-state index in [4.69, 9.17) is 0 Å². The highest BCUT2D eigenvalue weighted by molar-refractivity contribution is 5.82. The van der Waals surface area contributed by atoms with E-state index in [9.17, 15) is 5.11 Å². The minimum Gasteiger partial charge on any atom is -0.392 e. The number of aliphatic hydroxyl groups excluding tert-OH is 1. The molecule has 2 fully saturated rings. The van der Waals surface area contributed by atoms with Gasteiger partial charge in [0.15, 0.2) is 0 Å². The van der Waals surface area contributed by atoms with Gasteiger partial charge < -0.3 is 5.11 Å². The molecule has 1 heteroatoms. The zero-order valence-electron chi connectivity index (χ0n) is 11.1. The molecule has 0 heterocycles. The Bertz CT molecular complexity index is 593. The summed E-state index contributed by atoms with van der Waals surface area (Å²) >= 11 is 0. The quantitative estimate of drug-likeness (QED) is 0.881. The van der Waals surface area contributed by atoms with Crippen molar-refractivity contribution in [3.05, 3.63) is 48.0 Å². The van der Waals surface area contributed by atoms with E-state index in [1.807, 2.05) is 0 Å². The van der Waals surface area contributed by atoms with Crippen LogP contribution in [0, 0.1) is 17.8 Å². The summed E-state index contributed by atoms with van der Waals surface area (Å²) in [6, 6.07) is 15.0. The molecule has 3 unspecified atom stereocenters. The molecule has 98 valence electrons. The van der Waals surface area contributed by atoms with Crippen LogP contribution < -0.4 is 0 Å². The average molecular weight is 252 g/mol. The third-order valence-electron chi connectivity index (χ3n) is 5.18. The SMILES string of the molecule is OC(Cc1ccc2ccccc2c1)C1C2CCCC21. The van der Waals surface area contributed by atoms with E-state index in [0.29, 0.717) is 5.92 Å². The van der Waals surface area contributed by atoms with Gasteiger partial charge in [0, 0.05) is 0 Å². The van der Waals surface area contributed by atoms with Crippen molar-refractivity contribution in [1.29, 1.82) is 0 Å². The topological polar surface area (TPSA) is 20.2 Å². The Morgan fingerprint density at radius 1 is 1.00 bits per heavy atom. The average Bonchev–Trinajstić information content (AvgIpc) is 2.93. The van der Waals surface area contributed by atoms with Gasteiger partial charge in [-0.2, -0.15) is 0 Å². The zero-order chi connectivity index (χ0) is 12.8. The number of fused-ring (bicyclic) bond motifs is 2. The summed E-state index contributed by atoms with van der Waals surface area (Å²) in [6.45, 7) is 0. The van der Waals surface area contributed by atoms with Gasteiger partial charge in [-0.3, -0.25) is 0 Å². The van der Waals surface area contributed by atoms with Gasteiger partial charge >= 0.3 is 0 Å². The molecule has 0 aliphatic heterocycles.